The van der Waals surface area contributed by atoms with Gasteiger partial charge in [0.2, 0.25) is 0 Å². The van der Waals surface area contributed by atoms with Gasteiger partial charge >= 0.3 is 5.97 Å². The lowest BCUT2D eigenvalue weighted by Gasteiger charge is -2.29. The van der Waals surface area contributed by atoms with Crippen LogP contribution in [0.4, 0.5) is 0 Å². The Morgan fingerprint density at radius 3 is 2.69 bits per heavy atom. The number of benzene rings is 1. The number of aryl methyl sites for hydroxylation is 1. The normalized spacial score (nSPS) is 19.3. The van der Waals surface area contributed by atoms with Crippen LogP contribution in [0.15, 0.2) is 54.8 Å². The summed E-state index contributed by atoms with van der Waals surface area (Å²) in [5.41, 5.74) is 1.79. The van der Waals surface area contributed by atoms with Gasteiger partial charge in [-0.2, -0.15) is 10.3 Å². The van der Waals surface area contributed by atoms with Crippen LogP contribution in [0.2, 0.25) is 0 Å². The standard InChI is InChI=1S/C19H16N4O2S/c1-12-11-20-18(26-12)19(16-15(17(24)25)21-23-22-16)9-7-14(8-10-19)13-5-3-2-4-6-13/h2-9,11H,10H2,1H3,(H,24,25)(H,21,22,23). The zero-order valence-corrected chi connectivity index (χ0v) is 14.8. The van der Waals surface area contributed by atoms with Gasteiger partial charge in [-0.3, -0.25) is 0 Å². The minimum Gasteiger partial charge on any atom is -0.476 e. The molecule has 0 aliphatic heterocycles. The van der Waals surface area contributed by atoms with Gasteiger partial charge in [-0.15, -0.1) is 16.4 Å². The summed E-state index contributed by atoms with van der Waals surface area (Å²) < 4.78 is 0. The second kappa shape index (κ2) is 6.34. The number of hydrogen-bond donors (Lipinski definition) is 2. The molecular weight excluding hydrogens is 348 g/mol. The number of nitrogens with zero attached hydrogens (tertiary/aromatic N) is 3. The van der Waals surface area contributed by atoms with Crippen molar-refractivity contribution in [1.29, 1.82) is 0 Å². The van der Waals surface area contributed by atoms with Crippen molar-refractivity contribution in [3.8, 4) is 0 Å². The van der Waals surface area contributed by atoms with E-state index in [0.717, 1.165) is 21.0 Å². The van der Waals surface area contributed by atoms with E-state index in [0.29, 0.717) is 12.1 Å². The van der Waals surface area contributed by atoms with E-state index in [1.807, 2.05) is 37.3 Å². The predicted molar refractivity (Wildman–Crippen MR) is 99.1 cm³/mol. The van der Waals surface area contributed by atoms with E-state index >= 15 is 0 Å². The first-order valence-electron chi connectivity index (χ1n) is 8.12. The van der Waals surface area contributed by atoms with Crippen molar-refractivity contribution in [3.63, 3.8) is 0 Å². The molecule has 2 N–H and O–H groups in total. The molecule has 1 unspecified atom stereocenters. The molecule has 0 fully saturated rings. The maximum Gasteiger partial charge on any atom is 0.358 e. The lowest BCUT2D eigenvalue weighted by Crippen LogP contribution is -2.29. The molecule has 7 heteroatoms. The van der Waals surface area contributed by atoms with Crippen LogP contribution >= 0.6 is 11.3 Å². The molecular formula is C19H16N4O2S. The Morgan fingerprint density at radius 2 is 2.08 bits per heavy atom. The van der Waals surface area contributed by atoms with Crippen molar-refractivity contribution in [2.75, 3.05) is 0 Å². The maximum atomic E-state index is 11.6. The Bertz CT molecular complexity index is 1020. The highest BCUT2D eigenvalue weighted by Crippen LogP contribution is 2.43. The van der Waals surface area contributed by atoms with Gasteiger partial charge in [0.05, 0.1) is 5.41 Å². The lowest BCUT2D eigenvalue weighted by atomic mass is 9.76. The average Bonchev–Trinajstić information content (AvgIpc) is 3.32. The third-order valence-electron chi connectivity index (χ3n) is 4.47. The molecule has 26 heavy (non-hydrogen) atoms. The minimum atomic E-state index is -1.10. The Kier molecular flexibility index (Phi) is 4.00. The molecule has 1 aliphatic carbocycles. The molecule has 4 rings (SSSR count). The Morgan fingerprint density at radius 1 is 1.27 bits per heavy atom. The number of aromatic carboxylic acids is 1. The smallest absolute Gasteiger partial charge is 0.358 e. The molecule has 0 saturated heterocycles. The molecule has 1 aromatic carbocycles. The van der Waals surface area contributed by atoms with Crippen LogP contribution in [0.1, 0.15) is 38.1 Å². The zero-order chi connectivity index (χ0) is 18.1. The van der Waals surface area contributed by atoms with Crippen LogP contribution in [0.5, 0.6) is 0 Å². The Hall–Kier alpha value is -3.06. The van der Waals surface area contributed by atoms with Gasteiger partial charge in [0.15, 0.2) is 5.69 Å². The predicted octanol–water partition coefficient (Wildman–Crippen LogP) is 3.60. The van der Waals surface area contributed by atoms with E-state index in [-0.39, 0.29) is 5.69 Å². The molecule has 0 bridgehead atoms. The second-order valence-electron chi connectivity index (χ2n) is 6.14. The fourth-order valence-corrected chi connectivity index (χ4v) is 4.12. The van der Waals surface area contributed by atoms with Gasteiger partial charge in [0.25, 0.3) is 0 Å². The first kappa shape index (κ1) is 16.4. The molecule has 2 heterocycles. The van der Waals surface area contributed by atoms with E-state index in [1.54, 1.807) is 17.5 Å². The van der Waals surface area contributed by atoms with Crippen molar-refractivity contribution in [2.45, 2.75) is 18.8 Å². The highest BCUT2D eigenvalue weighted by molar-refractivity contribution is 7.11. The van der Waals surface area contributed by atoms with Gasteiger partial charge in [0, 0.05) is 11.1 Å². The fraction of sp³-hybridized carbons (Fsp3) is 0.158. The third kappa shape index (κ3) is 2.66. The first-order valence-corrected chi connectivity index (χ1v) is 8.94. The number of nitrogens with one attached hydrogen (secondary N) is 1. The monoisotopic (exact) mass is 364 g/mol. The Labute approximate surface area is 153 Å². The molecule has 0 saturated carbocycles. The number of carboxylic acid groups (broad SMARTS) is 1. The van der Waals surface area contributed by atoms with Crippen molar-refractivity contribution in [3.05, 3.63) is 81.6 Å². The average molecular weight is 364 g/mol. The highest BCUT2D eigenvalue weighted by Gasteiger charge is 2.41. The number of rotatable bonds is 4. The summed E-state index contributed by atoms with van der Waals surface area (Å²) in [6.45, 7) is 1.98. The SMILES string of the molecule is Cc1cnc(C2(c3n[nH]nc3C(=O)O)C=CC(c3ccccc3)=CC2)s1. The number of hydrogen-bond acceptors (Lipinski definition) is 5. The number of allylic oxidation sites excluding steroid dienone is 4. The molecule has 0 spiro atoms. The summed E-state index contributed by atoms with van der Waals surface area (Å²) in [5, 5.41) is 20.8. The topological polar surface area (TPSA) is 91.8 Å². The van der Waals surface area contributed by atoms with E-state index in [9.17, 15) is 9.90 Å². The van der Waals surface area contributed by atoms with Crippen LogP contribution in [0, 0.1) is 6.92 Å². The molecule has 2 aromatic heterocycles. The van der Waals surface area contributed by atoms with Gasteiger partial charge in [-0.25, -0.2) is 9.78 Å². The molecule has 1 atom stereocenters. The summed E-state index contributed by atoms with van der Waals surface area (Å²) in [6.07, 6.45) is 8.47. The number of carboxylic acids is 1. The molecule has 6 nitrogen and oxygen atoms in total. The first-order chi connectivity index (χ1) is 12.6. The lowest BCUT2D eigenvalue weighted by molar-refractivity contribution is 0.0688. The Balaban J connectivity index is 1.82. The largest absolute Gasteiger partial charge is 0.476 e. The number of aromatic amines is 1. The molecule has 0 amide bonds. The minimum absolute atomic E-state index is 0.0703. The summed E-state index contributed by atoms with van der Waals surface area (Å²) in [4.78, 5) is 17.2. The second-order valence-corrected chi connectivity index (χ2v) is 7.37. The van der Waals surface area contributed by atoms with E-state index in [4.69, 9.17) is 0 Å². The summed E-state index contributed by atoms with van der Waals surface area (Å²) >= 11 is 1.54. The van der Waals surface area contributed by atoms with Crippen molar-refractivity contribution < 1.29 is 9.90 Å². The number of carbonyl (C=O) groups is 1. The maximum absolute atomic E-state index is 11.6. The fourth-order valence-electron chi connectivity index (χ4n) is 3.17. The van der Waals surface area contributed by atoms with Gasteiger partial charge in [-0.05, 0) is 24.5 Å². The quantitative estimate of drug-likeness (QED) is 0.738. The third-order valence-corrected chi connectivity index (χ3v) is 5.56. The summed E-state index contributed by atoms with van der Waals surface area (Å²) in [5.74, 6) is -1.10. The molecule has 3 aromatic rings. The number of thiazole rings is 1. The van der Waals surface area contributed by atoms with E-state index < -0.39 is 11.4 Å². The zero-order valence-electron chi connectivity index (χ0n) is 14.0. The van der Waals surface area contributed by atoms with Crippen LogP contribution < -0.4 is 0 Å². The van der Waals surface area contributed by atoms with Crippen LogP contribution in [0.3, 0.4) is 0 Å². The van der Waals surface area contributed by atoms with Crippen LogP contribution in [-0.4, -0.2) is 31.5 Å². The van der Waals surface area contributed by atoms with Crippen molar-refractivity contribution in [1.82, 2.24) is 20.4 Å². The van der Waals surface area contributed by atoms with Gasteiger partial charge in [-0.1, -0.05) is 48.6 Å². The van der Waals surface area contributed by atoms with Crippen molar-refractivity contribution in [2.24, 2.45) is 0 Å². The van der Waals surface area contributed by atoms with Crippen molar-refractivity contribution >= 4 is 22.9 Å². The molecule has 0 radical (unpaired) electrons. The summed E-state index contributed by atoms with van der Waals surface area (Å²) in [7, 11) is 0. The molecule has 130 valence electrons. The van der Waals surface area contributed by atoms with Crippen LogP contribution in [0.25, 0.3) is 5.57 Å². The number of aromatic nitrogens is 4. The van der Waals surface area contributed by atoms with Gasteiger partial charge < -0.3 is 5.11 Å². The van der Waals surface area contributed by atoms with E-state index in [2.05, 4.69) is 38.6 Å². The molecule has 1 aliphatic rings. The van der Waals surface area contributed by atoms with Gasteiger partial charge in [0.1, 0.15) is 10.7 Å². The highest BCUT2D eigenvalue weighted by atomic mass is 32.1. The van der Waals surface area contributed by atoms with E-state index in [1.165, 1.54) is 0 Å². The van der Waals surface area contributed by atoms with Crippen LogP contribution in [-0.2, 0) is 5.41 Å². The number of H-pyrrole nitrogens is 1. The summed E-state index contributed by atoms with van der Waals surface area (Å²) in [6, 6.07) is 10.1.